The van der Waals surface area contributed by atoms with E-state index in [9.17, 15) is 4.79 Å². The van der Waals surface area contributed by atoms with Crippen LogP contribution in [-0.2, 0) is 6.54 Å². The van der Waals surface area contributed by atoms with Gasteiger partial charge in [-0.15, -0.1) is 11.3 Å². The Morgan fingerprint density at radius 2 is 2.29 bits per heavy atom. The van der Waals surface area contributed by atoms with Gasteiger partial charge in [0.15, 0.2) is 0 Å². The van der Waals surface area contributed by atoms with E-state index in [4.69, 9.17) is 5.73 Å². The molecule has 0 bridgehead atoms. The summed E-state index contributed by atoms with van der Waals surface area (Å²) < 4.78 is 0. The Morgan fingerprint density at radius 3 is 3.08 bits per heavy atom. The van der Waals surface area contributed by atoms with Crippen molar-refractivity contribution in [3.63, 3.8) is 0 Å². The second-order valence-electron chi connectivity index (χ2n) is 6.61. The largest absolute Gasteiger partial charge is 0.399 e. The van der Waals surface area contributed by atoms with Crippen LogP contribution in [0.3, 0.4) is 0 Å². The molecule has 1 amide bonds. The Morgan fingerprint density at radius 1 is 1.42 bits per heavy atom. The van der Waals surface area contributed by atoms with E-state index in [0.29, 0.717) is 17.2 Å². The average molecular weight is 343 g/mol. The van der Waals surface area contributed by atoms with E-state index in [0.717, 1.165) is 31.7 Å². The van der Waals surface area contributed by atoms with Crippen LogP contribution in [0.4, 0.5) is 5.69 Å². The predicted molar refractivity (Wildman–Crippen MR) is 100 cm³/mol. The number of amides is 1. The quantitative estimate of drug-likeness (QED) is 0.819. The SMILES string of the molecule is Cc1ccc(N)cc1C(=O)NCC1CCCN(Cc2cccs2)C1. The van der Waals surface area contributed by atoms with Gasteiger partial charge in [0.2, 0.25) is 0 Å². The number of rotatable bonds is 5. The van der Waals surface area contributed by atoms with Crippen LogP contribution in [0.1, 0.15) is 33.6 Å². The summed E-state index contributed by atoms with van der Waals surface area (Å²) in [5.41, 5.74) is 8.08. The maximum absolute atomic E-state index is 12.4. The van der Waals surface area contributed by atoms with Gasteiger partial charge in [-0.2, -0.15) is 0 Å². The number of nitrogens with zero attached hydrogens (tertiary/aromatic N) is 1. The number of hydrogen-bond acceptors (Lipinski definition) is 4. The van der Waals surface area contributed by atoms with E-state index in [1.807, 2.05) is 30.4 Å². The number of aryl methyl sites for hydroxylation is 1. The first kappa shape index (κ1) is 17.0. The molecule has 5 heteroatoms. The molecule has 1 aromatic carbocycles. The molecule has 1 aromatic heterocycles. The molecule has 4 nitrogen and oxygen atoms in total. The zero-order valence-corrected chi connectivity index (χ0v) is 14.9. The van der Waals surface area contributed by atoms with E-state index in [2.05, 4.69) is 27.7 Å². The Balaban J connectivity index is 1.52. The molecule has 2 heterocycles. The van der Waals surface area contributed by atoms with E-state index < -0.39 is 0 Å². The van der Waals surface area contributed by atoms with Crippen molar-refractivity contribution >= 4 is 22.9 Å². The van der Waals surface area contributed by atoms with Crippen LogP contribution in [-0.4, -0.2) is 30.4 Å². The molecule has 2 aromatic rings. The number of anilines is 1. The van der Waals surface area contributed by atoms with Gasteiger partial charge >= 0.3 is 0 Å². The van der Waals surface area contributed by atoms with Gasteiger partial charge in [0.05, 0.1) is 0 Å². The van der Waals surface area contributed by atoms with Gasteiger partial charge in [-0.25, -0.2) is 0 Å². The first-order valence-electron chi connectivity index (χ1n) is 8.51. The van der Waals surface area contributed by atoms with Gasteiger partial charge in [-0.1, -0.05) is 12.1 Å². The number of carbonyl (C=O) groups excluding carboxylic acids is 1. The van der Waals surface area contributed by atoms with Gasteiger partial charge in [0, 0.05) is 35.8 Å². The monoisotopic (exact) mass is 343 g/mol. The van der Waals surface area contributed by atoms with Crippen molar-refractivity contribution in [2.75, 3.05) is 25.4 Å². The molecule has 0 radical (unpaired) electrons. The molecule has 1 aliphatic rings. The number of nitrogens with one attached hydrogen (secondary N) is 1. The highest BCUT2D eigenvalue weighted by molar-refractivity contribution is 7.09. The lowest BCUT2D eigenvalue weighted by Crippen LogP contribution is -2.40. The molecule has 24 heavy (non-hydrogen) atoms. The molecule has 1 aliphatic heterocycles. The number of nitrogens with two attached hydrogens (primary N) is 1. The molecular weight excluding hydrogens is 318 g/mol. The highest BCUT2D eigenvalue weighted by atomic mass is 32.1. The fourth-order valence-electron chi connectivity index (χ4n) is 3.30. The molecule has 3 N–H and O–H groups in total. The van der Waals surface area contributed by atoms with Crippen LogP contribution in [0.25, 0.3) is 0 Å². The third-order valence-electron chi connectivity index (χ3n) is 4.62. The Kier molecular flexibility index (Phi) is 5.53. The Bertz CT molecular complexity index is 684. The van der Waals surface area contributed by atoms with Gasteiger partial charge in [-0.05, 0) is 61.4 Å². The summed E-state index contributed by atoms with van der Waals surface area (Å²) in [7, 11) is 0. The standard InChI is InChI=1S/C19H25N3OS/c1-14-6-7-16(20)10-18(14)19(23)21-11-15-4-2-8-22(12-15)13-17-5-3-9-24-17/h3,5-7,9-10,15H,2,4,8,11-13,20H2,1H3,(H,21,23). The molecule has 0 saturated carbocycles. The summed E-state index contributed by atoms with van der Waals surface area (Å²) in [6.07, 6.45) is 2.38. The van der Waals surface area contributed by atoms with E-state index in [-0.39, 0.29) is 5.91 Å². The molecule has 3 rings (SSSR count). The molecule has 1 atom stereocenters. The number of nitrogen functional groups attached to an aromatic ring is 1. The van der Waals surface area contributed by atoms with Crippen LogP contribution in [0.2, 0.25) is 0 Å². The third-order valence-corrected chi connectivity index (χ3v) is 5.48. The van der Waals surface area contributed by atoms with E-state index in [1.165, 1.54) is 17.7 Å². The fraction of sp³-hybridized carbons (Fsp3) is 0.421. The molecule has 0 aliphatic carbocycles. The first-order valence-corrected chi connectivity index (χ1v) is 9.39. The summed E-state index contributed by atoms with van der Waals surface area (Å²) in [4.78, 5) is 16.3. The van der Waals surface area contributed by atoms with Crippen molar-refractivity contribution in [3.8, 4) is 0 Å². The maximum Gasteiger partial charge on any atom is 0.251 e. The fourth-order valence-corrected chi connectivity index (χ4v) is 4.05. The summed E-state index contributed by atoms with van der Waals surface area (Å²) in [6.45, 7) is 5.90. The molecule has 1 fully saturated rings. The van der Waals surface area contributed by atoms with Crippen molar-refractivity contribution in [1.82, 2.24) is 10.2 Å². The third kappa shape index (κ3) is 4.36. The topological polar surface area (TPSA) is 58.4 Å². The maximum atomic E-state index is 12.4. The minimum absolute atomic E-state index is 0.0184. The summed E-state index contributed by atoms with van der Waals surface area (Å²) >= 11 is 1.81. The Labute approximate surface area is 147 Å². The van der Waals surface area contributed by atoms with Gasteiger partial charge in [0.1, 0.15) is 0 Å². The second-order valence-corrected chi connectivity index (χ2v) is 7.64. The summed E-state index contributed by atoms with van der Waals surface area (Å²) in [6, 6.07) is 9.78. The highest BCUT2D eigenvalue weighted by Crippen LogP contribution is 2.20. The molecule has 1 saturated heterocycles. The number of piperidine rings is 1. The van der Waals surface area contributed by atoms with Crippen LogP contribution < -0.4 is 11.1 Å². The number of likely N-dealkylation sites (tertiary alicyclic amines) is 1. The zero-order valence-electron chi connectivity index (χ0n) is 14.1. The second kappa shape index (κ2) is 7.81. The number of thiophene rings is 1. The minimum atomic E-state index is -0.0184. The van der Waals surface area contributed by atoms with Gasteiger partial charge < -0.3 is 11.1 Å². The molecule has 1 unspecified atom stereocenters. The van der Waals surface area contributed by atoms with Gasteiger partial charge in [0.25, 0.3) is 5.91 Å². The molecule has 0 spiro atoms. The first-order chi connectivity index (χ1) is 11.6. The predicted octanol–water partition coefficient (Wildman–Crippen LogP) is 3.28. The smallest absolute Gasteiger partial charge is 0.251 e. The lowest BCUT2D eigenvalue weighted by atomic mass is 9.97. The lowest BCUT2D eigenvalue weighted by Gasteiger charge is -2.32. The average Bonchev–Trinajstić information content (AvgIpc) is 3.08. The number of hydrogen-bond donors (Lipinski definition) is 2. The van der Waals surface area contributed by atoms with Crippen molar-refractivity contribution in [2.45, 2.75) is 26.3 Å². The normalized spacial score (nSPS) is 18.5. The van der Waals surface area contributed by atoms with Crippen molar-refractivity contribution in [2.24, 2.45) is 5.92 Å². The summed E-state index contributed by atoms with van der Waals surface area (Å²) in [5, 5.41) is 5.23. The van der Waals surface area contributed by atoms with Gasteiger partial charge in [-0.3, -0.25) is 9.69 Å². The van der Waals surface area contributed by atoms with E-state index in [1.54, 1.807) is 6.07 Å². The summed E-state index contributed by atoms with van der Waals surface area (Å²) in [5.74, 6) is 0.499. The lowest BCUT2D eigenvalue weighted by molar-refractivity contribution is 0.0930. The number of carbonyl (C=O) groups is 1. The molecular formula is C19H25N3OS. The highest BCUT2D eigenvalue weighted by Gasteiger charge is 2.21. The Hall–Kier alpha value is -1.85. The number of benzene rings is 1. The minimum Gasteiger partial charge on any atom is -0.399 e. The zero-order chi connectivity index (χ0) is 16.9. The van der Waals surface area contributed by atoms with E-state index >= 15 is 0 Å². The van der Waals surface area contributed by atoms with Crippen LogP contribution in [0.15, 0.2) is 35.7 Å². The molecule has 128 valence electrons. The van der Waals surface area contributed by atoms with Crippen molar-refractivity contribution in [3.05, 3.63) is 51.7 Å². The van der Waals surface area contributed by atoms with Crippen LogP contribution in [0.5, 0.6) is 0 Å². The van der Waals surface area contributed by atoms with Crippen LogP contribution in [0, 0.1) is 12.8 Å². The van der Waals surface area contributed by atoms with Crippen molar-refractivity contribution < 1.29 is 4.79 Å². The van der Waals surface area contributed by atoms with Crippen molar-refractivity contribution in [1.29, 1.82) is 0 Å². The van der Waals surface area contributed by atoms with Crippen LogP contribution >= 0.6 is 11.3 Å².